The van der Waals surface area contributed by atoms with Gasteiger partial charge in [-0.1, -0.05) is 31.0 Å². The first-order valence-corrected chi connectivity index (χ1v) is 8.40. The second-order valence-corrected chi connectivity index (χ2v) is 6.37. The first kappa shape index (κ1) is 15.7. The molecule has 0 saturated carbocycles. The number of fused-ring (bicyclic) bond motifs is 1. The number of hydrogen-bond acceptors (Lipinski definition) is 1. The number of nitrogens with zero attached hydrogens (tertiary/aromatic N) is 2. The van der Waals surface area contributed by atoms with Crippen molar-refractivity contribution in [1.82, 2.24) is 9.47 Å². The average molecular weight is 311 g/mol. The van der Waals surface area contributed by atoms with Crippen molar-refractivity contribution in [3.8, 4) is 0 Å². The molecule has 122 valence electrons. The minimum absolute atomic E-state index is 0.00264. The lowest BCUT2D eigenvalue weighted by Crippen LogP contribution is -2.44. The average Bonchev–Trinajstić information content (AvgIpc) is 2.99. The van der Waals surface area contributed by atoms with Crippen LogP contribution in [-0.2, 0) is 6.54 Å². The van der Waals surface area contributed by atoms with Gasteiger partial charge in [-0.05, 0) is 44.0 Å². The number of carbonyl (C=O) groups excluding carboxylic acids is 1. The fourth-order valence-electron chi connectivity index (χ4n) is 3.43. The van der Waals surface area contributed by atoms with Crippen molar-refractivity contribution < 1.29 is 4.79 Å². The summed E-state index contributed by atoms with van der Waals surface area (Å²) in [5.74, 6) is 0. The number of rotatable bonds is 3. The third-order valence-corrected chi connectivity index (χ3v) is 4.61. The van der Waals surface area contributed by atoms with Crippen LogP contribution in [0.15, 0.2) is 36.5 Å². The number of benzene rings is 1. The van der Waals surface area contributed by atoms with Crippen LogP contribution in [0, 0.1) is 13.8 Å². The zero-order chi connectivity index (χ0) is 16.4. The molecule has 23 heavy (non-hydrogen) atoms. The van der Waals surface area contributed by atoms with E-state index in [-0.39, 0.29) is 12.1 Å². The van der Waals surface area contributed by atoms with E-state index >= 15 is 0 Å². The van der Waals surface area contributed by atoms with E-state index in [9.17, 15) is 4.79 Å². The molecule has 4 nitrogen and oxygen atoms in total. The van der Waals surface area contributed by atoms with Crippen molar-refractivity contribution in [2.75, 3.05) is 11.9 Å². The molecular weight excluding hydrogens is 286 g/mol. The lowest BCUT2D eigenvalue weighted by molar-refractivity contribution is 0.163. The Kier molecular flexibility index (Phi) is 4.42. The Morgan fingerprint density at radius 2 is 2.09 bits per heavy atom. The van der Waals surface area contributed by atoms with Gasteiger partial charge >= 0.3 is 6.03 Å². The number of hydrogen-bond donors (Lipinski definition) is 1. The smallest absolute Gasteiger partial charge is 0.322 e. The highest BCUT2D eigenvalue weighted by atomic mass is 16.2. The second-order valence-electron chi connectivity index (χ2n) is 6.37. The molecule has 0 radical (unpaired) electrons. The van der Waals surface area contributed by atoms with Crippen LogP contribution in [0.4, 0.5) is 10.5 Å². The molecule has 0 spiro atoms. The molecule has 4 heteroatoms. The van der Waals surface area contributed by atoms with Gasteiger partial charge < -0.3 is 14.8 Å². The van der Waals surface area contributed by atoms with Crippen LogP contribution in [0.25, 0.3) is 0 Å². The van der Waals surface area contributed by atoms with E-state index in [1.165, 1.54) is 11.3 Å². The van der Waals surface area contributed by atoms with Gasteiger partial charge in [0.25, 0.3) is 0 Å². The van der Waals surface area contributed by atoms with E-state index in [1.807, 2.05) is 24.0 Å². The van der Waals surface area contributed by atoms with Gasteiger partial charge in [-0.25, -0.2) is 4.79 Å². The minimum atomic E-state index is 0.00264. The van der Waals surface area contributed by atoms with Crippen molar-refractivity contribution in [2.45, 2.75) is 46.2 Å². The molecule has 0 fully saturated rings. The fourth-order valence-corrected chi connectivity index (χ4v) is 3.43. The maximum atomic E-state index is 12.8. The van der Waals surface area contributed by atoms with Gasteiger partial charge in [-0.3, -0.25) is 0 Å². The standard InChI is InChI=1S/C19H25N3O/c1-4-6-18-17-7-5-10-21(17)11-12-22(18)19(23)20-16-9-8-14(2)13-15(16)3/h5,7-10,13,18H,4,6,11-12H2,1-3H3,(H,20,23)/t18-/m1/s1. The topological polar surface area (TPSA) is 37.3 Å². The van der Waals surface area contributed by atoms with Crippen molar-refractivity contribution in [1.29, 1.82) is 0 Å². The van der Waals surface area contributed by atoms with Crippen molar-refractivity contribution >= 4 is 11.7 Å². The quantitative estimate of drug-likeness (QED) is 0.890. The summed E-state index contributed by atoms with van der Waals surface area (Å²) >= 11 is 0. The summed E-state index contributed by atoms with van der Waals surface area (Å²) in [6.45, 7) is 7.89. The molecule has 1 aromatic heterocycles. The summed E-state index contributed by atoms with van der Waals surface area (Å²) in [7, 11) is 0. The number of aryl methyl sites for hydroxylation is 2. The second kappa shape index (κ2) is 6.49. The summed E-state index contributed by atoms with van der Waals surface area (Å²) in [4.78, 5) is 14.8. The molecule has 1 aliphatic rings. The number of nitrogens with one attached hydrogen (secondary N) is 1. The van der Waals surface area contributed by atoms with Crippen molar-refractivity contribution in [3.63, 3.8) is 0 Å². The summed E-state index contributed by atoms with van der Waals surface area (Å²) in [6.07, 6.45) is 4.16. The number of carbonyl (C=O) groups is 1. The van der Waals surface area contributed by atoms with Gasteiger partial charge in [-0.15, -0.1) is 0 Å². The van der Waals surface area contributed by atoms with E-state index < -0.39 is 0 Å². The highest BCUT2D eigenvalue weighted by Gasteiger charge is 2.30. The van der Waals surface area contributed by atoms with E-state index in [0.717, 1.165) is 37.2 Å². The van der Waals surface area contributed by atoms with Gasteiger partial charge in [0, 0.05) is 30.7 Å². The first-order valence-electron chi connectivity index (χ1n) is 8.40. The molecule has 2 aromatic rings. The third-order valence-electron chi connectivity index (χ3n) is 4.61. The molecule has 0 saturated heterocycles. The van der Waals surface area contributed by atoms with Gasteiger partial charge in [0.2, 0.25) is 0 Å². The minimum Gasteiger partial charge on any atom is -0.348 e. The van der Waals surface area contributed by atoms with E-state index in [1.54, 1.807) is 0 Å². The van der Waals surface area contributed by atoms with Crippen LogP contribution in [0.1, 0.15) is 42.6 Å². The maximum Gasteiger partial charge on any atom is 0.322 e. The molecule has 0 aliphatic carbocycles. The van der Waals surface area contributed by atoms with E-state index in [2.05, 4.69) is 48.1 Å². The predicted molar refractivity (Wildman–Crippen MR) is 93.7 cm³/mol. The van der Waals surface area contributed by atoms with Gasteiger partial charge in [0.05, 0.1) is 6.04 Å². The molecule has 1 aliphatic heterocycles. The molecule has 2 heterocycles. The van der Waals surface area contributed by atoms with Crippen LogP contribution in [-0.4, -0.2) is 22.0 Å². The molecular formula is C19H25N3O. The van der Waals surface area contributed by atoms with Crippen LogP contribution < -0.4 is 5.32 Å². The fraction of sp³-hybridized carbons (Fsp3) is 0.421. The number of amides is 2. The molecule has 1 aromatic carbocycles. The summed E-state index contributed by atoms with van der Waals surface area (Å²) in [6, 6.07) is 10.5. The Hall–Kier alpha value is -2.23. The van der Waals surface area contributed by atoms with Gasteiger partial charge in [0.1, 0.15) is 0 Å². The number of aromatic nitrogens is 1. The zero-order valence-corrected chi connectivity index (χ0v) is 14.2. The number of anilines is 1. The summed E-state index contributed by atoms with van der Waals surface area (Å²) in [5, 5.41) is 3.10. The SMILES string of the molecule is CCC[C@@H]1c2cccn2CCN1C(=O)Nc1ccc(C)cc1C. The molecule has 0 bridgehead atoms. The predicted octanol–water partition coefficient (Wildman–Crippen LogP) is 4.49. The first-order chi connectivity index (χ1) is 11.1. The van der Waals surface area contributed by atoms with Crippen molar-refractivity contribution in [3.05, 3.63) is 53.3 Å². The van der Waals surface area contributed by atoms with Crippen LogP contribution >= 0.6 is 0 Å². The summed E-state index contributed by atoms with van der Waals surface area (Å²) < 4.78 is 2.27. The normalized spacial score (nSPS) is 17.0. The van der Waals surface area contributed by atoms with Crippen LogP contribution in [0.3, 0.4) is 0 Å². The molecule has 3 rings (SSSR count). The van der Waals surface area contributed by atoms with Crippen LogP contribution in [0.5, 0.6) is 0 Å². The molecule has 1 atom stereocenters. The largest absolute Gasteiger partial charge is 0.348 e. The molecule has 2 amide bonds. The Morgan fingerprint density at radius 3 is 2.83 bits per heavy atom. The Bertz CT molecular complexity index is 704. The Morgan fingerprint density at radius 1 is 1.26 bits per heavy atom. The zero-order valence-electron chi connectivity index (χ0n) is 14.2. The Labute approximate surface area is 138 Å². The van der Waals surface area contributed by atoms with Gasteiger partial charge in [0.15, 0.2) is 0 Å². The monoisotopic (exact) mass is 311 g/mol. The third kappa shape index (κ3) is 3.11. The lowest BCUT2D eigenvalue weighted by atomic mass is 10.0. The van der Waals surface area contributed by atoms with E-state index in [4.69, 9.17) is 0 Å². The summed E-state index contributed by atoms with van der Waals surface area (Å²) in [5.41, 5.74) is 4.46. The lowest BCUT2D eigenvalue weighted by Gasteiger charge is -2.37. The molecule has 1 N–H and O–H groups in total. The highest BCUT2D eigenvalue weighted by Crippen LogP contribution is 2.30. The molecule has 0 unspecified atom stereocenters. The maximum absolute atomic E-state index is 12.8. The highest BCUT2D eigenvalue weighted by molar-refractivity contribution is 5.90. The van der Waals surface area contributed by atoms with Gasteiger partial charge in [-0.2, -0.15) is 0 Å². The van der Waals surface area contributed by atoms with Crippen molar-refractivity contribution in [2.24, 2.45) is 0 Å². The van der Waals surface area contributed by atoms with E-state index in [0.29, 0.717) is 0 Å². The number of urea groups is 1. The van der Waals surface area contributed by atoms with Crippen LogP contribution in [0.2, 0.25) is 0 Å². The Balaban J connectivity index is 1.81.